The first-order chi connectivity index (χ1) is 13.9. The fraction of sp³-hybridized carbons (Fsp3) is 0.381. The zero-order chi connectivity index (χ0) is 21.1. The summed E-state index contributed by atoms with van der Waals surface area (Å²) < 4.78 is 30.7. The van der Waals surface area contributed by atoms with Crippen molar-refractivity contribution in [3.8, 4) is 5.75 Å². The normalized spacial score (nSPS) is 11.1. The van der Waals surface area contributed by atoms with Gasteiger partial charge in [-0.15, -0.1) is 0 Å². The van der Waals surface area contributed by atoms with Crippen LogP contribution in [0.3, 0.4) is 0 Å². The molecule has 0 heterocycles. The van der Waals surface area contributed by atoms with Crippen LogP contribution in [0.25, 0.3) is 0 Å². The van der Waals surface area contributed by atoms with Gasteiger partial charge in [0.15, 0.2) is 0 Å². The molecule has 8 heteroatoms. The molecule has 0 spiro atoms. The van der Waals surface area contributed by atoms with Gasteiger partial charge in [-0.2, -0.15) is 11.8 Å². The lowest BCUT2D eigenvalue weighted by atomic mass is 10.2. The second-order valence-corrected chi connectivity index (χ2v) is 9.45. The van der Waals surface area contributed by atoms with Crippen molar-refractivity contribution in [3.05, 3.63) is 60.2 Å². The minimum atomic E-state index is -3.58. The van der Waals surface area contributed by atoms with Crippen molar-refractivity contribution in [2.75, 3.05) is 36.0 Å². The lowest BCUT2D eigenvalue weighted by Crippen LogP contribution is -2.40. The molecule has 0 aliphatic heterocycles. The van der Waals surface area contributed by atoms with Crippen molar-refractivity contribution in [3.63, 3.8) is 0 Å². The first kappa shape index (κ1) is 23.1. The maximum atomic E-state index is 12.2. The van der Waals surface area contributed by atoms with Crippen molar-refractivity contribution < 1.29 is 17.9 Å². The van der Waals surface area contributed by atoms with E-state index in [4.69, 9.17) is 4.74 Å². The predicted octanol–water partition coefficient (Wildman–Crippen LogP) is 3.29. The highest BCUT2D eigenvalue weighted by atomic mass is 32.2. The second kappa shape index (κ2) is 11.7. The van der Waals surface area contributed by atoms with E-state index in [9.17, 15) is 13.2 Å². The average Bonchev–Trinajstić information content (AvgIpc) is 2.70. The summed E-state index contributed by atoms with van der Waals surface area (Å²) in [6.45, 7) is 2.67. The highest BCUT2D eigenvalue weighted by molar-refractivity contribution is 7.98. The number of nitrogens with one attached hydrogen (secondary N) is 1. The van der Waals surface area contributed by atoms with Crippen molar-refractivity contribution in [2.45, 2.75) is 19.1 Å². The quantitative estimate of drug-likeness (QED) is 0.517. The molecule has 0 unspecified atom stereocenters. The Morgan fingerprint density at radius 3 is 2.41 bits per heavy atom. The molecule has 0 aromatic heterocycles. The number of rotatable bonds is 12. The topological polar surface area (TPSA) is 75.7 Å². The van der Waals surface area contributed by atoms with Crippen LogP contribution in [0, 0.1) is 0 Å². The van der Waals surface area contributed by atoms with Crippen LogP contribution < -0.4 is 14.4 Å². The van der Waals surface area contributed by atoms with Crippen molar-refractivity contribution >= 4 is 33.4 Å². The molecule has 0 atom stereocenters. The van der Waals surface area contributed by atoms with E-state index in [0.29, 0.717) is 24.6 Å². The number of thioether (sulfide) groups is 1. The SMILES string of the molecule is CCOc1ccc(N(CC(=O)NCCCSCc2ccccc2)S(C)(=O)=O)cc1. The van der Waals surface area contributed by atoms with Gasteiger partial charge in [0.25, 0.3) is 0 Å². The van der Waals surface area contributed by atoms with Gasteiger partial charge in [0.2, 0.25) is 15.9 Å². The molecule has 6 nitrogen and oxygen atoms in total. The minimum Gasteiger partial charge on any atom is -0.494 e. The summed E-state index contributed by atoms with van der Waals surface area (Å²) in [5.74, 6) is 2.19. The summed E-state index contributed by atoms with van der Waals surface area (Å²) in [7, 11) is -3.58. The summed E-state index contributed by atoms with van der Waals surface area (Å²) in [5, 5.41) is 2.80. The molecule has 1 amide bonds. The zero-order valence-electron chi connectivity index (χ0n) is 16.8. The molecular formula is C21H28N2O4S2. The first-order valence-electron chi connectivity index (χ1n) is 9.49. The standard InChI is InChI=1S/C21H28N2O4S2/c1-3-27-20-12-10-19(11-13-20)23(29(2,25)26)16-21(24)22-14-7-15-28-17-18-8-5-4-6-9-18/h4-6,8-13H,3,7,14-17H2,1-2H3,(H,22,24). The number of carbonyl (C=O) groups excluding carboxylic acids is 1. The molecule has 0 saturated heterocycles. The van der Waals surface area contributed by atoms with E-state index in [1.165, 1.54) is 5.56 Å². The average molecular weight is 437 g/mol. The molecule has 1 N–H and O–H groups in total. The minimum absolute atomic E-state index is 0.246. The van der Waals surface area contributed by atoms with E-state index >= 15 is 0 Å². The number of hydrogen-bond acceptors (Lipinski definition) is 5. The van der Waals surface area contributed by atoms with Crippen LogP contribution in [-0.2, 0) is 20.6 Å². The number of nitrogens with zero attached hydrogens (tertiary/aromatic N) is 1. The third-order valence-electron chi connectivity index (χ3n) is 4.02. The fourth-order valence-corrected chi connectivity index (χ4v) is 4.41. The number of sulfonamides is 1. The highest BCUT2D eigenvalue weighted by Gasteiger charge is 2.20. The van der Waals surface area contributed by atoms with Crippen LogP contribution in [0.1, 0.15) is 18.9 Å². The lowest BCUT2D eigenvalue weighted by molar-refractivity contribution is -0.119. The maximum absolute atomic E-state index is 12.2. The number of anilines is 1. The largest absolute Gasteiger partial charge is 0.494 e. The van der Waals surface area contributed by atoms with Crippen LogP contribution in [0.2, 0.25) is 0 Å². The van der Waals surface area contributed by atoms with Gasteiger partial charge in [-0.05, 0) is 48.9 Å². The summed E-state index contributed by atoms with van der Waals surface area (Å²) in [5.41, 5.74) is 1.71. The summed E-state index contributed by atoms with van der Waals surface area (Å²) in [6, 6.07) is 16.9. The van der Waals surface area contributed by atoms with Gasteiger partial charge < -0.3 is 10.1 Å². The molecule has 2 rings (SSSR count). The van der Waals surface area contributed by atoms with E-state index < -0.39 is 10.0 Å². The van der Waals surface area contributed by atoms with E-state index in [1.807, 2.05) is 36.9 Å². The number of benzene rings is 2. The van der Waals surface area contributed by atoms with Gasteiger partial charge in [-0.3, -0.25) is 9.10 Å². The molecule has 158 valence electrons. The van der Waals surface area contributed by atoms with Gasteiger partial charge in [0, 0.05) is 12.3 Å². The van der Waals surface area contributed by atoms with Gasteiger partial charge in [-0.1, -0.05) is 30.3 Å². The monoisotopic (exact) mass is 436 g/mol. The third-order valence-corrected chi connectivity index (χ3v) is 6.28. The van der Waals surface area contributed by atoms with Crippen LogP contribution in [0.15, 0.2) is 54.6 Å². The number of carbonyl (C=O) groups is 1. The first-order valence-corrected chi connectivity index (χ1v) is 12.5. The molecule has 29 heavy (non-hydrogen) atoms. The van der Waals surface area contributed by atoms with Gasteiger partial charge in [0.1, 0.15) is 12.3 Å². The Morgan fingerprint density at radius 1 is 1.10 bits per heavy atom. The van der Waals surface area contributed by atoms with E-state index in [2.05, 4.69) is 17.4 Å². The Balaban J connectivity index is 1.78. The molecule has 0 bridgehead atoms. The van der Waals surface area contributed by atoms with Crippen molar-refractivity contribution in [1.29, 1.82) is 0 Å². The van der Waals surface area contributed by atoms with Crippen molar-refractivity contribution in [2.24, 2.45) is 0 Å². The van der Waals surface area contributed by atoms with E-state index in [1.54, 1.807) is 24.3 Å². The second-order valence-electron chi connectivity index (χ2n) is 6.44. The molecule has 2 aromatic carbocycles. The van der Waals surface area contributed by atoms with Gasteiger partial charge >= 0.3 is 0 Å². The van der Waals surface area contributed by atoms with Crippen LogP contribution in [0.5, 0.6) is 5.75 Å². The number of amides is 1. The van der Waals surface area contributed by atoms with Crippen molar-refractivity contribution in [1.82, 2.24) is 5.32 Å². The Bertz CT molecular complexity index is 856. The van der Waals surface area contributed by atoms with Gasteiger partial charge in [-0.25, -0.2) is 8.42 Å². The van der Waals surface area contributed by atoms with Crippen LogP contribution in [0.4, 0.5) is 5.69 Å². The molecule has 0 saturated carbocycles. The van der Waals surface area contributed by atoms with Crippen LogP contribution >= 0.6 is 11.8 Å². The molecule has 0 aliphatic rings. The molecule has 0 aliphatic carbocycles. The maximum Gasteiger partial charge on any atom is 0.240 e. The Hall–Kier alpha value is -2.19. The molecular weight excluding hydrogens is 408 g/mol. The Kier molecular flexibility index (Phi) is 9.34. The number of ether oxygens (including phenoxy) is 1. The van der Waals surface area contributed by atoms with E-state index in [0.717, 1.165) is 28.5 Å². The smallest absolute Gasteiger partial charge is 0.240 e. The Morgan fingerprint density at radius 2 is 1.79 bits per heavy atom. The highest BCUT2D eigenvalue weighted by Crippen LogP contribution is 2.21. The third kappa shape index (κ3) is 8.37. The summed E-state index contributed by atoms with van der Waals surface area (Å²) >= 11 is 1.81. The summed E-state index contributed by atoms with van der Waals surface area (Å²) in [4.78, 5) is 12.2. The number of hydrogen-bond donors (Lipinski definition) is 1. The summed E-state index contributed by atoms with van der Waals surface area (Å²) in [6.07, 6.45) is 1.92. The lowest BCUT2D eigenvalue weighted by Gasteiger charge is -2.22. The van der Waals surface area contributed by atoms with E-state index in [-0.39, 0.29) is 12.5 Å². The van der Waals surface area contributed by atoms with Gasteiger partial charge in [0.05, 0.1) is 18.6 Å². The molecule has 2 aromatic rings. The predicted molar refractivity (Wildman–Crippen MR) is 120 cm³/mol. The fourth-order valence-electron chi connectivity index (χ4n) is 2.63. The Labute approximate surface area is 177 Å². The van der Waals surface area contributed by atoms with Crippen LogP contribution in [-0.4, -0.2) is 46.0 Å². The molecule has 0 radical (unpaired) electrons. The molecule has 0 fully saturated rings. The zero-order valence-corrected chi connectivity index (χ0v) is 18.5.